The average molecular weight is 776 g/mol. The topological polar surface area (TPSA) is 3.24 Å². The molecule has 3 aliphatic rings. The van der Waals surface area contributed by atoms with Crippen molar-refractivity contribution in [2.75, 3.05) is 4.90 Å². The van der Waals surface area contributed by atoms with Gasteiger partial charge >= 0.3 is 0 Å². The molecule has 0 spiro atoms. The van der Waals surface area contributed by atoms with Crippen molar-refractivity contribution in [2.24, 2.45) is 0 Å². The number of anilines is 3. The molecule has 60 heavy (non-hydrogen) atoms. The molecule has 8 aromatic carbocycles. The monoisotopic (exact) mass is 775 g/mol. The second kappa shape index (κ2) is 15.8. The Hall–Kier alpha value is -6.18. The van der Waals surface area contributed by atoms with Crippen LogP contribution in [-0.4, -0.2) is 0 Å². The first-order chi connectivity index (χ1) is 29.8. The Bertz CT molecular complexity index is 2720. The lowest BCUT2D eigenvalue weighted by Gasteiger charge is -2.35. The van der Waals surface area contributed by atoms with Gasteiger partial charge in [-0.05, 0) is 135 Å². The smallest absolute Gasteiger partial charge is 0.0714 e. The van der Waals surface area contributed by atoms with E-state index in [0.29, 0.717) is 11.8 Å². The van der Waals surface area contributed by atoms with Gasteiger partial charge in [-0.3, -0.25) is 0 Å². The van der Waals surface area contributed by atoms with Crippen LogP contribution in [-0.2, 0) is 5.41 Å². The molecule has 0 aliphatic heterocycles. The lowest BCUT2D eigenvalue weighted by atomic mass is 9.67. The summed E-state index contributed by atoms with van der Waals surface area (Å²) in [7, 11) is 0. The fourth-order valence-corrected chi connectivity index (χ4v) is 11.5. The van der Waals surface area contributed by atoms with Crippen molar-refractivity contribution >= 4 is 27.8 Å². The van der Waals surface area contributed by atoms with Crippen LogP contribution in [0.5, 0.6) is 0 Å². The Morgan fingerprint density at radius 3 is 1.62 bits per heavy atom. The predicted octanol–water partition coefficient (Wildman–Crippen LogP) is 16.4. The molecule has 294 valence electrons. The molecule has 11 rings (SSSR count). The Balaban J connectivity index is 1.19. The first-order valence-electron chi connectivity index (χ1n) is 22.6. The van der Waals surface area contributed by atoms with Gasteiger partial charge in [0.25, 0.3) is 0 Å². The van der Waals surface area contributed by atoms with Gasteiger partial charge in [-0.1, -0.05) is 190 Å². The Morgan fingerprint density at radius 1 is 0.400 bits per heavy atom. The van der Waals surface area contributed by atoms with E-state index in [2.05, 4.69) is 193 Å². The molecule has 0 heterocycles. The highest BCUT2D eigenvalue weighted by Crippen LogP contribution is 2.59. The van der Waals surface area contributed by atoms with Crippen molar-refractivity contribution < 1.29 is 0 Å². The van der Waals surface area contributed by atoms with Crippen LogP contribution >= 0.6 is 0 Å². The minimum absolute atomic E-state index is 0.490. The van der Waals surface area contributed by atoms with Crippen molar-refractivity contribution in [1.29, 1.82) is 0 Å². The third-order valence-corrected chi connectivity index (χ3v) is 14.3. The summed E-state index contributed by atoms with van der Waals surface area (Å²) >= 11 is 0. The summed E-state index contributed by atoms with van der Waals surface area (Å²) in [5.41, 5.74) is 16.7. The highest BCUT2D eigenvalue weighted by atomic mass is 15.1. The summed E-state index contributed by atoms with van der Waals surface area (Å²) in [6, 6.07) is 71.8. The van der Waals surface area contributed by atoms with E-state index in [9.17, 15) is 0 Å². The van der Waals surface area contributed by atoms with E-state index in [1.165, 1.54) is 148 Å². The summed E-state index contributed by atoms with van der Waals surface area (Å²) < 4.78 is 0. The molecular weight excluding hydrogens is 723 g/mol. The summed E-state index contributed by atoms with van der Waals surface area (Å²) in [5, 5.41) is 2.49. The van der Waals surface area contributed by atoms with Crippen molar-refractivity contribution in [1.82, 2.24) is 0 Å². The Morgan fingerprint density at radius 2 is 0.967 bits per heavy atom. The van der Waals surface area contributed by atoms with Crippen LogP contribution in [0.2, 0.25) is 0 Å². The van der Waals surface area contributed by atoms with Gasteiger partial charge < -0.3 is 4.90 Å². The summed E-state index contributed by atoms with van der Waals surface area (Å²) in [4.78, 5) is 2.56. The molecule has 0 atom stereocenters. The first kappa shape index (κ1) is 36.9. The van der Waals surface area contributed by atoms with E-state index >= 15 is 0 Å². The van der Waals surface area contributed by atoms with Gasteiger partial charge in [0, 0.05) is 16.9 Å². The fraction of sp³-hybridized carbons (Fsp3) is 0.220. The molecule has 0 amide bonds. The molecular formula is C59H53N. The molecule has 2 saturated carbocycles. The standard InChI is InChI=1S/C59H53N/c1-6-19-42(20-7-1)43-33-35-50(36-34-43)60(57-40-47-26-17-16-25-46(47)39-54(57)45-23-10-3-11-24-45)51-37-38-53-56(41-51)59(48-27-12-4-13-28-48,49-29-14-5-15-30-49)55-32-18-31-52(58(53)55)44-21-8-2-9-22-44/h3-5,10-18,23-42,44H,1-2,6-9,19-22H2. The van der Waals surface area contributed by atoms with Gasteiger partial charge in [0.1, 0.15) is 0 Å². The number of rotatable bonds is 8. The number of hydrogen-bond acceptors (Lipinski definition) is 1. The van der Waals surface area contributed by atoms with E-state index in [-0.39, 0.29) is 0 Å². The third-order valence-electron chi connectivity index (χ3n) is 14.3. The maximum absolute atomic E-state index is 2.57. The van der Waals surface area contributed by atoms with Crippen LogP contribution in [0.1, 0.15) is 109 Å². The number of fused-ring (bicyclic) bond motifs is 4. The average Bonchev–Trinajstić information content (AvgIpc) is 3.63. The number of hydrogen-bond donors (Lipinski definition) is 0. The Kier molecular flexibility index (Phi) is 9.69. The van der Waals surface area contributed by atoms with E-state index in [0.717, 1.165) is 0 Å². The molecule has 3 aliphatic carbocycles. The minimum Gasteiger partial charge on any atom is -0.310 e. The predicted molar refractivity (Wildman–Crippen MR) is 253 cm³/mol. The zero-order valence-corrected chi connectivity index (χ0v) is 34.6. The molecule has 0 aromatic heterocycles. The second-order valence-electron chi connectivity index (χ2n) is 17.7. The molecule has 2 fully saturated rings. The lowest BCUT2D eigenvalue weighted by molar-refractivity contribution is 0.443. The van der Waals surface area contributed by atoms with Crippen LogP contribution in [0.4, 0.5) is 17.1 Å². The highest BCUT2D eigenvalue weighted by Gasteiger charge is 2.47. The highest BCUT2D eigenvalue weighted by molar-refractivity contribution is 5.99. The molecule has 0 saturated heterocycles. The maximum Gasteiger partial charge on any atom is 0.0714 e. The molecule has 0 bridgehead atoms. The number of nitrogens with zero attached hydrogens (tertiary/aromatic N) is 1. The van der Waals surface area contributed by atoms with E-state index in [1.54, 1.807) is 0 Å². The van der Waals surface area contributed by atoms with Crippen LogP contribution in [0, 0.1) is 0 Å². The van der Waals surface area contributed by atoms with Gasteiger partial charge in [0.2, 0.25) is 0 Å². The van der Waals surface area contributed by atoms with Crippen molar-refractivity contribution in [3.8, 4) is 22.3 Å². The molecule has 0 radical (unpaired) electrons. The molecule has 1 nitrogen and oxygen atoms in total. The zero-order valence-electron chi connectivity index (χ0n) is 34.6. The maximum atomic E-state index is 2.57. The van der Waals surface area contributed by atoms with Crippen LogP contribution in [0.3, 0.4) is 0 Å². The Labute approximate surface area is 356 Å². The molecule has 1 heteroatoms. The molecule has 0 N–H and O–H groups in total. The van der Waals surface area contributed by atoms with E-state index in [4.69, 9.17) is 0 Å². The number of benzene rings is 8. The quantitative estimate of drug-likeness (QED) is 0.149. The minimum atomic E-state index is -0.490. The van der Waals surface area contributed by atoms with Crippen LogP contribution in [0.25, 0.3) is 33.0 Å². The molecule has 8 aromatic rings. The SMILES string of the molecule is c1ccc(-c2cc3ccccc3cc2N(c2ccc(C3CCCCC3)cc2)c2ccc3c(c2)C(c2ccccc2)(c2ccccc2)c2cccc(C4CCCCC4)c2-3)cc1. The van der Waals surface area contributed by atoms with E-state index < -0.39 is 5.41 Å². The summed E-state index contributed by atoms with van der Waals surface area (Å²) in [6.07, 6.45) is 13.1. The molecule has 0 unspecified atom stereocenters. The second-order valence-corrected chi connectivity index (χ2v) is 17.7. The van der Waals surface area contributed by atoms with Gasteiger partial charge in [0.05, 0.1) is 11.1 Å². The van der Waals surface area contributed by atoms with Gasteiger partial charge in [-0.25, -0.2) is 0 Å². The van der Waals surface area contributed by atoms with Crippen molar-refractivity contribution in [2.45, 2.75) is 81.5 Å². The summed E-state index contributed by atoms with van der Waals surface area (Å²) in [5.74, 6) is 1.23. The third kappa shape index (κ3) is 6.29. The van der Waals surface area contributed by atoms with Gasteiger partial charge in [0.15, 0.2) is 0 Å². The van der Waals surface area contributed by atoms with E-state index in [1.807, 2.05) is 0 Å². The first-order valence-corrected chi connectivity index (χ1v) is 22.6. The summed E-state index contributed by atoms with van der Waals surface area (Å²) in [6.45, 7) is 0. The van der Waals surface area contributed by atoms with Crippen LogP contribution < -0.4 is 4.90 Å². The fourth-order valence-electron chi connectivity index (χ4n) is 11.5. The van der Waals surface area contributed by atoms with Crippen molar-refractivity contribution in [3.63, 3.8) is 0 Å². The lowest BCUT2D eigenvalue weighted by Crippen LogP contribution is -2.29. The van der Waals surface area contributed by atoms with Gasteiger partial charge in [-0.2, -0.15) is 0 Å². The van der Waals surface area contributed by atoms with Gasteiger partial charge in [-0.15, -0.1) is 0 Å². The largest absolute Gasteiger partial charge is 0.310 e. The zero-order chi connectivity index (χ0) is 39.9. The van der Waals surface area contributed by atoms with Crippen molar-refractivity contribution in [3.05, 3.63) is 221 Å². The normalized spacial score (nSPS) is 16.3. The van der Waals surface area contributed by atoms with Crippen LogP contribution in [0.15, 0.2) is 188 Å².